The summed E-state index contributed by atoms with van der Waals surface area (Å²) in [6.45, 7) is 3.27. The highest BCUT2D eigenvalue weighted by atomic mass is 32.1. The van der Waals surface area contributed by atoms with Crippen LogP contribution in [0.3, 0.4) is 0 Å². The van der Waals surface area contributed by atoms with Crippen molar-refractivity contribution in [3.05, 3.63) is 53.6 Å². The fourth-order valence-corrected chi connectivity index (χ4v) is 4.26. The van der Waals surface area contributed by atoms with E-state index in [0.29, 0.717) is 17.2 Å². The van der Waals surface area contributed by atoms with Crippen molar-refractivity contribution in [1.29, 1.82) is 0 Å². The second-order valence-corrected chi connectivity index (χ2v) is 7.76. The first kappa shape index (κ1) is 17.9. The molecule has 6 heteroatoms. The summed E-state index contributed by atoms with van der Waals surface area (Å²) in [5.41, 5.74) is 2.57. The van der Waals surface area contributed by atoms with Gasteiger partial charge in [0.15, 0.2) is 5.13 Å². The van der Waals surface area contributed by atoms with E-state index in [2.05, 4.69) is 0 Å². The van der Waals surface area contributed by atoms with Crippen molar-refractivity contribution >= 4 is 32.6 Å². The molecular weight excluding hydrogens is 360 g/mol. The molecule has 1 unspecified atom stereocenters. The number of aryl methyl sites for hydroxylation is 1. The van der Waals surface area contributed by atoms with Gasteiger partial charge in [-0.3, -0.25) is 9.69 Å². The van der Waals surface area contributed by atoms with Crippen LogP contribution in [0.15, 0.2) is 42.5 Å². The average molecular weight is 382 g/mol. The number of fused-ring (bicyclic) bond motifs is 1. The Morgan fingerprint density at radius 1 is 1.33 bits per heavy atom. The minimum Gasteiger partial charge on any atom is -0.497 e. The smallest absolute Gasteiger partial charge is 0.260 e. The van der Waals surface area contributed by atoms with Crippen LogP contribution < -0.4 is 9.64 Å². The van der Waals surface area contributed by atoms with Crippen molar-refractivity contribution in [3.63, 3.8) is 0 Å². The van der Waals surface area contributed by atoms with Gasteiger partial charge >= 0.3 is 0 Å². The number of ether oxygens (including phenoxy) is 2. The Morgan fingerprint density at radius 2 is 2.22 bits per heavy atom. The van der Waals surface area contributed by atoms with Gasteiger partial charge in [-0.2, -0.15) is 0 Å². The number of benzene rings is 2. The van der Waals surface area contributed by atoms with E-state index in [9.17, 15) is 4.79 Å². The van der Waals surface area contributed by atoms with Crippen LogP contribution in [-0.2, 0) is 4.74 Å². The summed E-state index contributed by atoms with van der Waals surface area (Å²) in [7, 11) is 1.64. The number of anilines is 1. The molecule has 1 aromatic heterocycles. The number of aromatic nitrogens is 1. The lowest BCUT2D eigenvalue weighted by atomic mass is 10.1. The van der Waals surface area contributed by atoms with Gasteiger partial charge < -0.3 is 9.47 Å². The lowest BCUT2D eigenvalue weighted by molar-refractivity contribution is 0.0917. The van der Waals surface area contributed by atoms with Crippen molar-refractivity contribution in [2.24, 2.45) is 0 Å². The van der Waals surface area contributed by atoms with E-state index in [-0.39, 0.29) is 12.0 Å². The Kier molecular flexibility index (Phi) is 5.09. The summed E-state index contributed by atoms with van der Waals surface area (Å²) >= 11 is 1.52. The lowest BCUT2D eigenvalue weighted by Crippen LogP contribution is -2.37. The van der Waals surface area contributed by atoms with Gasteiger partial charge in [0, 0.05) is 18.2 Å². The van der Waals surface area contributed by atoms with E-state index >= 15 is 0 Å². The van der Waals surface area contributed by atoms with Crippen LogP contribution in [0.4, 0.5) is 5.13 Å². The highest BCUT2D eigenvalue weighted by Gasteiger charge is 2.27. The largest absolute Gasteiger partial charge is 0.497 e. The quantitative estimate of drug-likeness (QED) is 0.655. The molecule has 0 radical (unpaired) electrons. The highest BCUT2D eigenvalue weighted by molar-refractivity contribution is 7.22. The van der Waals surface area contributed by atoms with Gasteiger partial charge in [0.05, 0.1) is 30.0 Å². The summed E-state index contributed by atoms with van der Waals surface area (Å²) < 4.78 is 12.1. The standard InChI is InChI=1S/C21H22N2O3S/c1-14-5-3-6-15(11-14)20(24)23(13-17-7-4-10-26-17)21-22-18-12-16(25-2)8-9-19(18)27-21/h3,5-6,8-9,11-12,17H,4,7,10,13H2,1-2H3. The number of hydrogen-bond donors (Lipinski definition) is 0. The Morgan fingerprint density at radius 3 is 2.96 bits per heavy atom. The fraction of sp³-hybridized carbons (Fsp3) is 0.333. The van der Waals surface area contributed by atoms with Crippen LogP contribution >= 0.6 is 11.3 Å². The number of rotatable bonds is 5. The van der Waals surface area contributed by atoms with Crippen molar-refractivity contribution in [2.45, 2.75) is 25.9 Å². The van der Waals surface area contributed by atoms with Crippen LogP contribution in [0.5, 0.6) is 5.75 Å². The maximum absolute atomic E-state index is 13.3. The molecule has 0 N–H and O–H groups in total. The molecule has 0 saturated carbocycles. The molecule has 1 aliphatic rings. The summed E-state index contributed by atoms with van der Waals surface area (Å²) in [5.74, 6) is 0.718. The molecule has 1 atom stereocenters. The van der Waals surface area contributed by atoms with Crippen LogP contribution in [0.1, 0.15) is 28.8 Å². The second-order valence-electron chi connectivity index (χ2n) is 6.75. The average Bonchev–Trinajstić information content (AvgIpc) is 3.34. The molecule has 5 nitrogen and oxygen atoms in total. The van der Waals surface area contributed by atoms with Crippen molar-refractivity contribution in [3.8, 4) is 5.75 Å². The number of nitrogens with zero attached hydrogens (tertiary/aromatic N) is 2. The number of carbonyl (C=O) groups is 1. The van der Waals surface area contributed by atoms with Gasteiger partial charge in [0.25, 0.3) is 5.91 Å². The summed E-state index contributed by atoms with van der Waals surface area (Å²) in [4.78, 5) is 19.8. The maximum Gasteiger partial charge on any atom is 0.260 e. The van der Waals surface area contributed by atoms with Gasteiger partial charge in [0.1, 0.15) is 5.75 Å². The Bertz CT molecular complexity index is 963. The molecule has 1 aliphatic heterocycles. The molecule has 0 aliphatic carbocycles. The number of hydrogen-bond acceptors (Lipinski definition) is 5. The molecule has 2 aromatic carbocycles. The second kappa shape index (κ2) is 7.66. The topological polar surface area (TPSA) is 51.7 Å². The molecule has 4 rings (SSSR count). The molecule has 1 fully saturated rings. The van der Waals surface area contributed by atoms with E-state index in [4.69, 9.17) is 14.5 Å². The fourth-order valence-electron chi connectivity index (χ4n) is 3.31. The van der Waals surface area contributed by atoms with Crippen LogP contribution in [0.2, 0.25) is 0 Å². The van der Waals surface area contributed by atoms with Crippen LogP contribution in [0, 0.1) is 6.92 Å². The zero-order chi connectivity index (χ0) is 18.8. The zero-order valence-corrected chi connectivity index (χ0v) is 16.3. The maximum atomic E-state index is 13.3. The summed E-state index contributed by atoms with van der Waals surface area (Å²) in [6, 6.07) is 13.5. The predicted molar refractivity (Wildman–Crippen MR) is 108 cm³/mol. The summed E-state index contributed by atoms with van der Waals surface area (Å²) in [6.07, 6.45) is 2.06. The molecule has 1 amide bonds. The first-order chi connectivity index (χ1) is 13.1. The third-order valence-corrected chi connectivity index (χ3v) is 5.79. The summed E-state index contributed by atoms with van der Waals surface area (Å²) in [5, 5.41) is 0.695. The Balaban J connectivity index is 1.71. The monoisotopic (exact) mass is 382 g/mol. The lowest BCUT2D eigenvalue weighted by Gasteiger charge is -2.23. The first-order valence-corrected chi connectivity index (χ1v) is 9.90. The van der Waals surface area contributed by atoms with Crippen molar-refractivity contribution in [1.82, 2.24) is 4.98 Å². The SMILES string of the molecule is COc1ccc2sc(N(CC3CCCO3)C(=O)c3cccc(C)c3)nc2c1. The molecule has 2 heterocycles. The molecular formula is C21H22N2O3S. The Labute approximate surface area is 162 Å². The van der Waals surface area contributed by atoms with E-state index < -0.39 is 0 Å². The van der Waals surface area contributed by atoms with Gasteiger partial charge in [-0.25, -0.2) is 4.98 Å². The van der Waals surface area contributed by atoms with E-state index in [0.717, 1.165) is 41.0 Å². The van der Waals surface area contributed by atoms with Gasteiger partial charge in [-0.15, -0.1) is 0 Å². The van der Waals surface area contributed by atoms with Gasteiger partial charge in [0.2, 0.25) is 0 Å². The van der Waals surface area contributed by atoms with E-state index in [1.807, 2.05) is 49.4 Å². The minimum absolute atomic E-state index is 0.0415. The molecule has 27 heavy (non-hydrogen) atoms. The van der Waals surface area contributed by atoms with Crippen LogP contribution in [-0.4, -0.2) is 37.3 Å². The molecule has 0 spiro atoms. The normalized spacial score (nSPS) is 16.6. The number of methoxy groups -OCH3 is 1. The number of thiazole rings is 1. The van der Waals surface area contributed by atoms with E-state index in [1.165, 1.54) is 11.3 Å². The zero-order valence-electron chi connectivity index (χ0n) is 15.5. The number of amides is 1. The molecule has 3 aromatic rings. The molecule has 0 bridgehead atoms. The first-order valence-electron chi connectivity index (χ1n) is 9.09. The van der Waals surface area contributed by atoms with E-state index in [1.54, 1.807) is 12.0 Å². The minimum atomic E-state index is -0.0415. The third-order valence-electron chi connectivity index (χ3n) is 4.73. The van der Waals surface area contributed by atoms with Crippen molar-refractivity contribution in [2.75, 3.05) is 25.2 Å². The van der Waals surface area contributed by atoms with Gasteiger partial charge in [-0.1, -0.05) is 29.0 Å². The predicted octanol–water partition coefficient (Wildman–Crippen LogP) is 4.44. The van der Waals surface area contributed by atoms with Crippen LogP contribution in [0.25, 0.3) is 10.2 Å². The Hall–Kier alpha value is -2.44. The van der Waals surface area contributed by atoms with Crippen molar-refractivity contribution < 1.29 is 14.3 Å². The number of carbonyl (C=O) groups excluding carboxylic acids is 1. The third kappa shape index (κ3) is 3.82. The molecule has 140 valence electrons. The molecule has 1 saturated heterocycles. The van der Waals surface area contributed by atoms with Gasteiger partial charge in [-0.05, 0) is 44.0 Å². The highest BCUT2D eigenvalue weighted by Crippen LogP contribution is 2.32.